The molecule has 3 aromatic rings. The molecule has 3 amide bonds. The molecule has 1 saturated heterocycles. The Morgan fingerprint density at radius 3 is 2.33 bits per heavy atom. The van der Waals surface area contributed by atoms with E-state index in [-0.39, 0.29) is 30.5 Å². The lowest BCUT2D eigenvalue weighted by Gasteiger charge is -2.33. The third-order valence-electron chi connectivity index (χ3n) is 8.73. The first-order valence-corrected chi connectivity index (χ1v) is 20.7. The number of benzene rings is 3. The van der Waals surface area contributed by atoms with Gasteiger partial charge in [-0.05, 0) is 68.0 Å². The van der Waals surface area contributed by atoms with Gasteiger partial charge in [0.2, 0.25) is 21.8 Å². The summed E-state index contributed by atoms with van der Waals surface area (Å²) in [7, 11) is -2.22. The average Bonchev–Trinajstić information content (AvgIpc) is 3.43. The van der Waals surface area contributed by atoms with Crippen LogP contribution >= 0.6 is 23.5 Å². The highest BCUT2D eigenvalue weighted by Gasteiger charge is 2.49. The standard InChI is InChI=1S/C37H48N4O7S3/c1-25-11-9-10-14-28(25)21-38-35(44)33-37(2,3)50-24-41(33)36(45)32(42)30(20-17-26-12-7-6-8-13-26)39-34(43)31(40-51(5,46)47)23-49-22-27-15-18-29(48-4)19-16-27/h6-16,18-19,30-33,40,42H,17,20-24H2,1-5H3,(H,38,44)(H,39,43)/t30-,31+,32-,33+/m0/s1. The van der Waals surface area contributed by atoms with Crippen LogP contribution < -0.4 is 20.1 Å². The van der Waals surface area contributed by atoms with Crippen molar-refractivity contribution in [3.8, 4) is 5.75 Å². The number of nitrogens with one attached hydrogen (secondary N) is 3. The van der Waals surface area contributed by atoms with Crippen molar-refractivity contribution in [3.63, 3.8) is 0 Å². The third-order valence-corrected chi connectivity index (χ3v) is 11.9. The third kappa shape index (κ3) is 11.7. The van der Waals surface area contributed by atoms with E-state index in [0.717, 1.165) is 28.5 Å². The van der Waals surface area contributed by atoms with Gasteiger partial charge in [-0.3, -0.25) is 14.4 Å². The molecule has 0 aromatic heterocycles. The lowest BCUT2D eigenvalue weighted by molar-refractivity contribution is -0.148. The summed E-state index contributed by atoms with van der Waals surface area (Å²) in [5.41, 5.74) is 3.88. The second kappa shape index (κ2) is 18.3. The smallest absolute Gasteiger partial charge is 0.254 e. The SMILES string of the molecule is COc1ccc(CSC[C@@H](NS(C)(=O)=O)C(=O)N[C@@H](CCc2ccccc2)[C@H](O)C(=O)N2CSC(C)(C)[C@H]2C(=O)NCc2ccccc2C)cc1. The van der Waals surface area contributed by atoms with Crippen LogP contribution in [0.5, 0.6) is 5.75 Å². The Morgan fingerprint density at radius 1 is 1.02 bits per heavy atom. The van der Waals surface area contributed by atoms with Gasteiger partial charge in [0, 0.05) is 22.8 Å². The second-order valence-corrected chi connectivity index (χ2v) is 17.5. The molecule has 0 unspecified atom stereocenters. The van der Waals surface area contributed by atoms with Crippen molar-refractivity contribution < 1.29 is 32.6 Å². The summed E-state index contributed by atoms with van der Waals surface area (Å²) < 4.78 is 31.6. The fourth-order valence-electron chi connectivity index (χ4n) is 5.84. The van der Waals surface area contributed by atoms with Crippen LogP contribution in [0.2, 0.25) is 0 Å². The maximum atomic E-state index is 14.1. The zero-order valence-electron chi connectivity index (χ0n) is 29.6. The van der Waals surface area contributed by atoms with E-state index in [1.807, 2.05) is 99.6 Å². The predicted molar refractivity (Wildman–Crippen MR) is 204 cm³/mol. The number of nitrogens with zero attached hydrogens (tertiary/aromatic N) is 1. The number of thioether (sulfide) groups is 2. The van der Waals surface area contributed by atoms with Crippen LogP contribution in [-0.2, 0) is 43.1 Å². The molecule has 1 fully saturated rings. The molecule has 11 nitrogen and oxygen atoms in total. The quantitative estimate of drug-likeness (QED) is 0.162. The monoisotopic (exact) mass is 756 g/mol. The van der Waals surface area contributed by atoms with Gasteiger partial charge < -0.3 is 25.4 Å². The van der Waals surface area contributed by atoms with E-state index in [9.17, 15) is 27.9 Å². The van der Waals surface area contributed by atoms with Crippen molar-refractivity contribution in [2.24, 2.45) is 0 Å². The fourth-order valence-corrected chi connectivity index (χ4v) is 8.81. The maximum absolute atomic E-state index is 14.1. The number of methoxy groups -OCH3 is 1. The number of carbonyl (C=O) groups is 3. The molecule has 0 bridgehead atoms. The Balaban J connectivity index is 1.51. The summed E-state index contributed by atoms with van der Waals surface area (Å²) in [5, 5.41) is 17.4. The summed E-state index contributed by atoms with van der Waals surface area (Å²) in [6, 6.07) is 21.4. The first-order chi connectivity index (χ1) is 24.2. The maximum Gasteiger partial charge on any atom is 0.254 e. The number of hydrogen-bond donors (Lipinski definition) is 4. The molecular weight excluding hydrogens is 709 g/mol. The summed E-state index contributed by atoms with van der Waals surface area (Å²) in [6.45, 7) is 6.01. The molecular formula is C37H48N4O7S3. The Labute approximate surface area is 309 Å². The molecule has 1 heterocycles. The van der Waals surface area contributed by atoms with Gasteiger partial charge in [0.05, 0.1) is 25.3 Å². The summed E-state index contributed by atoms with van der Waals surface area (Å²) in [6.07, 6.45) is -0.122. The van der Waals surface area contributed by atoms with Crippen LogP contribution in [0.1, 0.15) is 42.5 Å². The zero-order valence-corrected chi connectivity index (χ0v) is 32.1. The summed E-state index contributed by atoms with van der Waals surface area (Å²) >= 11 is 2.79. The van der Waals surface area contributed by atoms with Gasteiger partial charge in [-0.1, -0.05) is 66.7 Å². The van der Waals surface area contributed by atoms with Crippen molar-refractivity contribution in [3.05, 3.63) is 101 Å². The number of amides is 3. The van der Waals surface area contributed by atoms with Crippen molar-refractivity contribution in [1.82, 2.24) is 20.3 Å². The second-order valence-electron chi connectivity index (χ2n) is 13.1. The normalized spacial score (nSPS) is 17.3. The molecule has 4 N–H and O–H groups in total. The minimum absolute atomic E-state index is 0.0977. The highest BCUT2D eigenvalue weighted by Crippen LogP contribution is 2.40. The highest BCUT2D eigenvalue weighted by atomic mass is 32.2. The van der Waals surface area contributed by atoms with Crippen LogP contribution in [0.25, 0.3) is 0 Å². The summed E-state index contributed by atoms with van der Waals surface area (Å²) in [4.78, 5) is 42.9. The van der Waals surface area contributed by atoms with Crippen LogP contribution in [0.3, 0.4) is 0 Å². The number of aliphatic hydroxyl groups is 1. The van der Waals surface area contributed by atoms with E-state index in [4.69, 9.17) is 4.74 Å². The van der Waals surface area contributed by atoms with E-state index in [0.29, 0.717) is 17.9 Å². The molecule has 0 saturated carbocycles. The van der Waals surface area contributed by atoms with E-state index >= 15 is 0 Å². The Morgan fingerprint density at radius 2 is 1.69 bits per heavy atom. The molecule has 14 heteroatoms. The molecule has 276 valence electrons. The molecule has 1 aliphatic rings. The number of ether oxygens (including phenoxy) is 1. The predicted octanol–water partition coefficient (Wildman–Crippen LogP) is 3.63. The molecule has 0 aliphatic carbocycles. The molecule has 4 atom stereocenters. The Hall–Kier alpha value is -3.56. The number of rotatable bonds is 17. The lowest BCUT2D eigenvalue weighted by atomic mass is 9.97. The Kier molecular flexibility index (Phi) is 14.4. The van der Waals surface area contributed by atoms with Crippen LogP contribution in [0.4, 0.5) is 0 Å². The number of aryl methyl sites for hydroxylation is 2. The number of carbonyl (C=O) groups excluding carboxylic acids is 3. The molecule has 0 radical (unpaired) electrons. The minimum Gasteiger partial charge on any atom is -0.497 e. The average molecular weight is 757 g/mol. The van der Waals surface area contributed by atoms with Crippen LogP contribution in [0, 0.1) is 6.92 Å². The molecule has 51 heavy (non-hydrogen) atoms. The number of aliphatic hydroxyl groups excluding tert-OH is 1. The molecule has 4 rings (SSSR count). The molecule has 3 aromatic carbocycles. The van der Waals surface area contributed by atoms with Gasteiger partial charge in [0.1, 0.15) is 17.8 Å². The highest BCUT2D eigenvalue weighted by molar-refractivity contribution is 8.01. The van der Waals surface area contributed by atoms with E-state index in [1.54, 1.807) is 7.11 Å². The van der Waals surface area contributed by atoms with Gasteiger partial charge in [-0.25, -0.2) is 13.1 Å². The van der Waals surface area contributed by atoms with Gasteiger partial charge in [0.15, 0.2) is 6.10 Å². The van der Waals surface area contributed by atoms with Gasteiger partial charge >= 0.3 is 0 Å². The lowest BCUT2D eigenvalue weighted by Crippen LogP contribution is -2.59. The molecule has 1 aliphatic heterocycles. The first kappa shape index (κ1) is 40.2. The van der Waals surface area contributed by atoms with Crippen LogP contribution in [-0.4, -0.2) is 90.1 Å². The van der Waals surface area contributed by atoms with E-state index in [2.05, 4.69) is 15.4 Å². The van der Waals surface area contributed by atoms with Crippen molar-refractivity contribution in [2.45, 2.75) is 74.9 Å². The van der Waals surface area contributed by atoms with Crippen LogP contribution in [0.15, 0.2) is 78.9 Å². The van der Waals surface area contributed by atoms with Gasteiger partial charge in [-0.2, -0.15) is 11.8 Å². The van der Waals surface area contributed by atoms with Gasteiger partial charge in [0.25, 0.3) is 5.91 Å². The van der Waals surface area contributed by atoms with E-state index < -0.39 is 50.8 Å². The molecule has 0 spiro atoms. The van der Waals surface area contributed by atoms with Crippen molar-refractivity contribution in [2.75, 3.05) is 25.0 Å². The van der Waals surface area contributed by atoms with Crippen molar-refractivity contribution >= 4 is 51.3 Å². The topological polar surface area (TPSA) is 154 Å². The van der Waals surface area contributed by atoms with Crippen molar-refractivity contribution in [1.29, 1.82) is 0 Å². The zero-order chi connectivity index (χ0) is 37.2. The van der Waals surface area contributed by atoms with Gasteiger partial charge in [-0.15, -0.1) is 11.8 Å². The summed E-state index contributed by atoms with van der Waals surface area (Å²) in [5.74, 6) is -0.219. The number of hydrogen-bond acceptors (Lipinski definition) is 9. The largest absolute Gasteiger partial charge is 0.497 e. The fraction of sp³-hybridized carbons (Fsp3) is 0.432. The number of sulfonamides is 1. The van der Waals surface area contributed by atoms with E-state index in [1.165, 1.54) is 28.4 Å². The Bertz CT molecular complexity index is 1740. The minimum atomic E-state index is -3.80. The first-order valence-electron chi connectivity index (χ1n) is 16.7.